The van der Waals surface area contributed by atoms with Crippen LogP contribution in [0, 0.1) is 6.92 Å². The van der Waals surface area contributed by atoms with Gasteiger partial charge in [0.05, 0.1) is 5.41 Å². The molecular formula is C21H29N3O2. The lowest BCUT2D eigenvalue weighted by atomic mass is 9.68. The van der Waals surface area contributed by atoms with Crippen molar-refractivity contribution in [3.63, 3.8) is 0 Å². The maximum Gasteiger partial charge on any atom is 0.235 e. The van der Waals surface area contributed by atoms with Gasteiger partial charge in [-0.05, 0) is 50.7 Å². The molecule has 2 heterocycles. The molecule has 1 saturated carbocycles. The molecule has 140 valence electrons. The first-order chi connectivity index (χ1) is 12.5. The fraction of sp³-hybridized carbons (Fsp3) is 0.619. The molecule has 1 N–H and O–H groups in total. The Labute approximate surface area is 155 Å². The first-order valence-corrected chi connectivity index (χ1v) is 9.92. The van der Waals surface area contributed by atoms with Crippen LogP contribution in [0.25, 0.3) is 0 Å². The molecular weight excluding hydrogens is 326 g/mol. The Balaban J connectivity index is 1.46. The number of hydrogen-bond acceptors (Lipinski definition) is 3. The molecule has 2 fully saturated rings. The number of carbonyl (C=O) groups excluding carboxylic acids is 2. The van der Waals surface area contributed by atoms with Gasteiger partial charge < -0.3 is 10.2 Å². The number of nitrogens with zero attached hydrogens (tertiary/aromatic N) is 2. The number of hydrogen-bond donors (Lipinski definition) is 1. The number of nitrogens with one attached hydrogen (secondary N) is 1. The molecule has 1 aromatic carbocycles. The van der Waals surface area contributed by atoms with Crippen LogP contribution in [0.15, 0.2) is 18.2 Å². The topological polar surface area (TPSA) is 52.7 Å². The standard InChI is InChI=1S/C21H29N3O2/c1-15-4-5-19-18(14-15)21(20(26)22-19)8-6-17(7-9-21)24-11-3-10-23(12-13-24)16(2)25/h4-5,14,17H,3,6-13H2,1-2H3,(H,22,26). The molecule has 2 aliphatic heterocycles. The predicted octanol–water partition coefficient (Wildman–Crippen LogP) is 2.68. The van der Waals surface area contributed by atoms with Crippen molar-refractivity contribution in [3.8, 4) is 0 Å². The zero-order chi connectivity index (χ0) is 18.3. The summed E-state index contributed by atoms with van der Waals surface area (Å²) in [5, 5.41) is 3.11. The normalized spacial score (nSPS) is 29.4. The third-order valence-corrected chi connectivity index (χ3v) is 6.67. The van der Waals surface area contributed by atoms with Gasteiger partial charge in [-0.25, -0.2) is 0 Å². The summed E-state index contributed by atoms with van der Waals surface area (Å²) in [6.45, 7) is 7.48. The molecule has 0 bridgehead atoms. The Bertz CT molecular complexity index is 722. The molecule has 1 spiro atoms. The average molecular weight is 355 g/mol. The minimum absolute atomic E-state index is 0.184. The number of aryl methyl sites for hydroxylation is 1. The van der Waals surface area contributed by atoms with Crippen molar-refractivity contribution in [3.05, 3.63) is 29.3 Å². The summed E-state index contributed by atoms with van der Waals surface area (Å²) in [5.41, 5.74) is 3.11. The molecule has 0 unspecified atom stereocenters. The first kappa shape index (κ1) is 17.5. The van der Waals surface area contributed by atoms with Crippen molar-refractivity contribution in [1.29, 1.82) is 0 Å². The first-order valence-electron chi connectivity index (χ1n) is 9.92. The van der Waals surface area contributed by atoms with E-state index in [0.29, 0.717) is 6.04 Å². The number of carbonyl (C=O) groups is 2. The number of fused-ring (bicyclic) bond motifs is 2. The van der Waals surface area contributed by atoms with E-state index in [0.717, 1.165) is 64.0 Å². The lowest BCUT2D eigenvalue weighted by molar-refractivity contribution is -0.128. The average Bonchev–Trinajstić information content (AvgIpc) is 2.81. The van der Waals surface area contributed by atoms with Crippen molar-refractivity contribution in [2.24, 2.45) is 0 Å². The van der Waals surface area contributed by atoms with Gasteiger partial charge in [0.1, 0.15) is 0 Å². The van der Waals surface area contributed by atoms with Gasteiger partial charge in [-0.15, -0.1) is 0 Å². The van der Waals surface area contributed by atoms with Crippen LogP contribution in [-0.2, 0) is 15.0 Å². The number of rotatable bonds is 1. The van der Waals surface area contributed by atoms with Gasteiger partial charge in [-0.2, -0.15) is 0 Å². The highest BCUT2D eigenvalue weighted by molar-refractivity contribution is 6.06. The van der Waals surface area contributed by atoms with Crippen LogP contribution in [0.4, 0.5) is 5.69 Å². The van der Waals surface area contributed by atoms with Crippen molar-refractivity contribution in [2.45, 2.75) is 57.4 Å². The van der Waals surface area contributed by atoms with Gasteiger partial charge in [0.2, 0.25) is 11.8 Å². The SMILES string of the molecule is CC(=O)N1CCCN(C2CCC3(CC2)C(=O)Nc2ccc(C)cc23)CC1. The van der Waals surface area contributed by atoms with Crippen molar-refractivity contribution >= 4 is 17.5 Å². The highest BCUT2D eigenvalue weighted by Gasteiger charge is 2.49. The summed E-state index contributed by atoms with van der Waals surface area (Å²) in [5.74, 6) is 0.374. The van der Waals surface area contributed by atoms with E-state index in [1.165, 1.54) is 11.1 Å². The molecule has 1 saturated heterocycles. The van der Waals surface area contributed by atoms with E-state index in [2.05, 4.69) is 35.3 Å². The van der Waals surface area contributed by atoms with E-state index >= 15 is 0 Å². The van der Waals surface area contributed by atoms with Gasteiger partial charge in [-0.3, -0.25) is 14.5 Å². The van der Waals surface area contributed by atoms with Gasteiger partial charge in [-0.1, -0.05) is 17.7 Å². The Hall–Kier alpha value is -1.88. The minimum atomic E-state index is -0.324. The molecule has 26 heavy (non-hydrogen) atoms. The van der Waals surface area contributed by atoms with Crippen LogP contribution >= 0.6 is 0 Å². The summed E-state index contributed by atoms with van der Waals surface area (Å²) in [4.78, 5) is 29.0. The second kappa shape index (κ2) is 6.69. The van der Waals surface area contributed by atoms with Crippen molar-refractivity contribution in [1.82, 2.24) is 9.80 Å². The molecule has 1 aliphatic carbocycles. The van der Waals surface area contributed by atoms with Crippen LogP contribution in [0.3, 0.4) is 0 Å². The predicted molar refractivity (Wildman–Crippen MR) is 102 cm³/mol. The zero-order valence-corrected chi connectivity index (χ0v) is 15.9. The van der Waals surface area contributed by atoms with Crippen molar-refractivity contribution in [2.75, 3.05) is 31.5 Å². The lowest BCUT2D eigenvalue weighted by Gasteiger charge is -2.40. The number of anilines is 1. The second-order valence-electron chi connectivity index (χ2n) is 8.21. The third kappa shape index (κ3) is 2.92. The molecule has 5 heteroatoms. The Morgan fingerprint density at radius 2 is 1.92 bits per heavy atom. The Morgan fingerprint density at radius 3 is 2.65 bits per heavy atom. The quantitative estimate of drug-likeness (QED) is 0.843. The summed E-state index contributed by atoms with van der Waals surface area (Å²) >= 11 is 0. The van der Waals surface area contributed by atoms with Crippen LogP contribution in [0.2, 0.25) is 0 Å². The van der Waals surface area contributed by atoms with Crippen LogP contribution < -0.4 is 5.32 Å². The summed E-state index contributed by atoms with van der Waals surface area (Å²) in [7, 11) is 0. The Morgan fingerprint density at radius 1 is 1.15 bits per heavy atom. The minimum Gasteiger partial charge on any atom is -0.342 e. The maximum atomic E-state index is 12.8. The summed E-state index contributed by atoms with van der Waals surface area (Å²) in [6.07, 6.45) is 5.01. The largest absolute Gasteiger partial charge is 0.342 e. The summed E-state index contributed by atoms with van der Waals surface area (Å²) < 4.78 is 0. The van der Waals surface area contributed by atoms with Crippen molar-refractivity contribution < 1.29 is 9.59 Å². The zero-order valence-electron chi connectivity index (χ0n) is 15.9. The van der Waals surface area contributed by atoms with E-state index < -0.39 is 0 Å². The fourth-order valence-electron chi connectivity index (χ4n) is 5.10. The second-order valence-corrected chi connectivity index (χ2v) is 8.21. The molecule has 0 aromatic heterocycles. The van der Waals surface area contributed by atoms with Gasteiger partial charge in [0.25, 0.3) is 0 Å². The van der Waals surface area contributed by atoms with Crippen LogP contribution in [0.5, 0.6) is 0 Å². The highest BCUT2D eigenvalue weighted by atomic mass is 16.2. The van der Waals surface area contributed by atoms with E-state index in [4.69, 9.17) is 0 Å². The molecule has 5 nitrogen and oxygen atoms in total. The summed E-state index contributed by atoms with van der Waals surface area (Å²) in [6, 6.07) is 6.86. The molecule has 1 aromatic rings. The van der Waals surface area contributed by atoms with Gasteiger partial charge >= 0.3 is 0 Å². The fourth-order valence-corrected chi connectivity index (χ4v) is 5.10. The maximum absolute atomic E-state index is 12.8. The highest BCUT2D eigenvalue weighted by Crippen LogP contribution is 2.48. The van der Waals surface area contributed by atoms with Gasteiger partial charge in [0.15, 0.2) is 0 Å². The monoisotopic (exact) mass is 355 g/mol. The smallest absolute Gasteiger partial charge is 0.235 e. The number of benzene rings is 1. The van der Waals surface area contributed by atoms with E-state index in [1.54, 1.807) is 6.92 Å². The van der Waals surface area contributed by atoms with E-state index in [1.807, 2.05) is 4.90 Å². The molecule has 2 amide bonds. The Kier molecular flexibility index (Phi) is 4.51. The molecule has 0 atom stereocenters. The molecule has 4 rings (SSSR count). The number of amides is 2. The molecule has 0 radical (unpaired) electrons. The van der Waals surface area contributed by atoms with E-state index in [-0.39, 0.29) is 17.2 Å². The van der Waals surface area contributed by atoms with Gasteiger partial charge in [0, 0.05) is 44.8 Å². The molecule has 3 aliphatic rings. The van der Waals surface area contributed by atoms with E-state index in [9.17, 15) is 9.59 Å². The third-order valence-electron chi connectivity index (χ3n) is 6.67. The lowest BCUT2D eigenvalue weighted by Crippen LogP contribution is -2.46. The van der Waals surface area contributed by atoms with Crippen LogP contribution in [-0.4, -0.2) is 53.8 Å². The van der Waals surface area contributed by atoms with Crippen LogP contribution in [0.1, 0.15) is 50.2 Å².